The summed E-state index contributed by atoms with van der Waals surface area (Å²) in [5.74, 6) is 5.17. The molecule has 0 aliphatic carbocycles. The first-order valence-corrected chi connectivity index (χ1v) is 5.51. The number of hydrogen-bond acceptors (Lipinski definition) is 2. The van der Waals surface area contributed by atoms with Gasteiger partial charge in [0.05, 0.1) is 6.61 Å². The molecule has 0 fully saturated rings. The maximum absolute atomic E-state index is 13.5. The summed E-state index contributed by atoms with van der Waals surface area (Å²) in [6.45, 7) is 0.0975. The van der Waals surface area contributed by atoms with Crippen LogP contribution in [0.2, 0.25) is 0 Å². The third-order valence-corrected chi connectivity index (χ3v) is 2.18. The summed E-state index contributed by atoms with van der Waals surface area (Å²) < 4.78 is 13.5. The number of aliphatic hydroxyl groups is 1. The van der Waals surface area contributed by atoms with Crippen LogP contribution < -0.4 is 10.6 Å². The van der Waals surface area contributed by atoms with Crippen LogP contribution in [-0.2, 0) is 6.54 Å². The summed E-state index contributed by atoms with van der Waals surface area (Å²) in [7, 11) is 1.49. The zero-order valence-corrected chi connectivity index (χ0v) is 10.1. The number of aliphatic hydroxyl groups excluding tert-OH is 1. The Morgan fingerprint density at radius 3 is 2.94 bits per heavy atom. The van der Waals surface area contributed by atoms with Crippen molar-refractivity contribution in [2.24, 2.45) is 0 Å². The molecule has 0 spiro atoms. The van der Waals surface area contributed by atoms with Gasteiger partial charge in [0.25, 0.3) is 0 Å². The van der Waals surface area contributed by atoms with Crippen LogP contribution in [-0.4, -0.2) is 24.8 Å². The number of halogens is 1. The minimum atomic E-state index is -0.390. The van der Waals surface area contributed by atoms with E-state index in [4.69, 9.17) is 5.11 Å². The zero-order chi connectivity index (χ0) is 13.4. The van der Waals surface area contributed by atoms with E-state index >= 15 is 0 Å². The van der Waals surface area contributed by atoms with Crippen LogP contribution in [0.4, 0.5) is 9.18 Å². The van der Waals surface area contributed by atoms with Gasteiger partial charge in [-0.25, -0.2) is 9.18 Å². The third-order valence-electron chi connectivity index (χ3n) is 2.18. The van der Waals surface area contributed by atoms with Gasteiger partial charge in [0.2, 0.25) is 0 Å². The largest absolute Gasteiger partial charge is 0.395 e. The summed E-state index contributed by atoms with van der Waals surface area (Å²) in [5, 5.41) is 13.5. The van der Waals surface area contributed by atoms with Gasteiger partial charge in [-0.2, -0.15) is 0 Å². The van der Waals surface area contributed by atoms with Crippen LogP contribution in [0.3, 0.4) is 0 Å². The minimum Gasteiger partial charge on any atom is -0.395 e. The van der Waals surface area contributed by atoms with Gasteiger partial charge in [0, 0.05) is 31.1 Å². The molecule has 0 unspecified atom stereocenters. The summed E-state index contributed by atoms with van der Waals surface area (Å²) >= 11 is 0. The molecule has 3 N–H and O–H groups in total. The summed E-state index contributed by atoms with van der Waals surface area (Å²) in [6, 6.07) is 4.08. The molecule has 96 valence electrons. The lowest BCUT2D eigenvalue weighted by Crippen LogP contribution is -2.32. The molecule has 0 aliphatic rings. The Morgan fingerprint density at radius 2 is 2.28 bits per heavy atom. The first-order valence-electron chi connectivity index (χ1n) is 5.51. The van der Waals surface area contributed by atoms with Crippen LogP contribution in [0, 0.1) is 17.7 Å². The Balaban J connectivity index is 2.75. The molecule has 0 aromatic heterocycles. The lowest BCUT2D eigenvalue weighted by atomic mass is 10.1. The normalized spacial score (nSPS) is 9.28. The molecule has 0 heterocycles. The van der Waals surface area contributed by atoms with Gasteiger partial charge in [-0.15, -0.1) is 0 Å². The number of amides is 2. The molecule has 0 saturated heterocycles. The Hall–Kier alpha value is -2.06. The van der Waals surface area contributed by atoms with Gasteiger partial charge in [-0.05, 0) is 18.2 Å². The van der Waals surface area contributed by atoms with Gasteiger partial charge in [-0.1, -0.05) is 11.8 Å². The molecule has 0 bridgehead atoms. The fraction of sp³-hybridized carbons (Fsp3) is 0.308. The van der Waals surface area contributed by atoms with Crippen LogP contribution >= 0.6 is 0 Å². The second-order valence-electron chi connectivity index (χ2n) is 3.51. The van der Waals surface area contributed by atoms with Crippen molar-refractivity contribution in [3.8, 4) is 11.8 Å². The zero-order valence-electron chi connectivity index (χ0n) is 10.1. The molecule has 4 nitrogen and oxygen atoms in total. The highest BCUT2D eigenvalue weighted by Crippen LogP contribution is 2.09. The van der Waals surface area contributed by atoms with Crippen LogP contribution in [0.25, 0.3) is 0 Å². The maximum Gasteiger partial charge on any atom is 0.314 e. The van der Waals surface area contributed by atoms with Crippen LogP contribution in [0.1, 0.15) is 17.5 Å². The monoisotopic (exact) mass is 250 g/mol. The van der Waals surface area contributed by atoms with E-state index in [9.17, 15) is 9.18 Å². The number of carbonyl (C=O) groups excluding carboxylic acids is 1. The van der Waals surface area contributed by atoms with Crippen LogP contribution in [0.5, 0.6) is 0 Å². The fourth-order valence-electron chi connectivity index (χ4n) is 1.27. The van der Waals surface area contributed by atoms with E-state index in [-0.39, 0.29) is 25.0 Å². The first-order chi connectivity index (χ1) is 8.67. The van der Waals surface area contributed by atoms with Gasteiger partial charge in [0.1, 0.15) is 5.82 Å². The lowest BCUT2D eigenvalue weighted by molar-refractivity contribution is 0.242. The van der Waals surface area contributed by atoms with Crippen molar-refractivity contribution in [2.45, 2.75) is 13.0 Å². The number of rotatable bonds is 3. The number of benzene rings is 1. The molecule has 18 heavy (non-hydrogen) atoms. The number of hydrogen-bond donors (Lipinski definition) is 3. The van der Waals surface area contributed by atoms with Crippen molar-refractivity contribution in [1.82, 2.24) is 10.6 Å². The molecule has 2 amide bonds. The Labute approximate surface area is 105 Å². The van der Waals surface area contributed by atoms with Crippen molar-refractivity contribution < 1.29 is 14.3 Å². The van der Waals surface area contributed by atoms with Gasteiger partial charge in [0.15, 0.2) is 0 Å². The third kappa shape index (κ3) is 4.44. The molecule has 1 aromatic rings. The second kappa shape index (κ2) is 7.30. The van der Waals surface area contributed by atoms with Crippen LogP contribution in [0.15, 0.2) is 18.2 Å². The highest BCUT2D eigenvalue weighted by atomic mass is 19.1. The van der Waals surface area contributed by atoms with E-state index in [1.54, 1.807) is 12.1 Å². The van der Waals surface area contributed by atoms with E-state index in [2.05, 4.69) is 22.5 Å². The summed E-state index contributed by atoms with van der Waals surface area (Å²) in [6.07, 6.45) is 0.378. The second-order valence-corrected chi connectivity index (χ2v) is 3.51. The van der Waals surface area contributed by atoms with E-state index in [0.29, 0.717) is 17.5 Å². The van der Waals surface area contributed by atoms with E-state index < -0.39 is 0 Å². The lowest BCUT2D eigenvalue weighted by Gasteiger charge is -2.06. The SMILES string of the molecule is CNC(=O)NCc1cc(C#CCCO)ccc1F. The highest BCUT2D eigenvalue weighted by Gasteiger charge is 2.04. The summed E-state index contributed by atoms with van der Waals surface area (Å²) in [5.41, 5.74) is 1.02. The standard InChI is InChI=1S/C13H15FN2O2/c1-15-13(18)16-9-11-8-10(4-2-3-7-17)5-6-12(11)14/h5-6,8,17H,3,7,9H2,1H3,(H2,15,16,18). The molecular weight excluding hydrogens is 235 g/mol. The average Bonchev–Trinajstić information content (AvgIpc) is 2.39. The van der Waals surface area contributed by atoms with Gasteiger partial charge in [-0.3, -0.25) is 0 Å². The molecule has 1 aromatic carbocycles. The highest BCUT2D eigenvalue weighted by molar-refractivity contribution is 5.73. The number of nitrogens with one attached hydrogen (secondary N) is 2. The molecule has 1 rings (SSSR count). The van der Waals surface area contributed by atoms with Crippen molar-refractivity contribution in [3.05, 3.63) is 35.1 Å². The Morgan fingerprint density at radius 1 is 1.50 bits per heavy atom. The van der Waals surface area contributed by atoms with Crippen molar-refractivity contribution >= 4 is 6.03 Å². The Bertz CT molecular complexity index is 478. The average molecular weight is 250 g/mol. The predicted octanol–water partition coefficient (Wildman–Crippen LogP) is 0.989. The molecule has 0 atom stereocenters. The molecule has 0 saturated carbocycles. The van der Waals surface area contributed by atoms with E-state index in [0.717, 1.165) is 0 Å². The van der Waals surface area contributed by atoms with Crippen molar-refractivity contribution in [2.75, 3.05) is 13.7 Å². The quantitative estimate of drug-likeness (QED) is 0.700. The first kappa shape index (κ1) is 14.0. The molecule has 0 aliphatic heterocycles. The van der Waals surface area contributed by atoms with Crippen molar-refractivity contribution in [1.29, 1.82) is 0 Å². The smallest absolute Gasteiger partial charge is 0.314 e. The maximum atomic E-state index is 13.5. The molecule has 0 radical (unpaired) electrons. The number of urea groups is 1. The predicted molar refractivity (Wildman–Crippen MR) is 66.3 cm³/mol. The minimum absolute atomic E-state index is 0.000716. The summed E-state index contributed by atoms with van der Waals surface area (Å²) in [4.78, 5) is 11.0. The van der Waals surface area contributed by atoms with Gasteiger partial charge >= 0.3 is 6.03 Å². The molecule has 5 heteroatoms. The molecular formula is C13H15FN2O2. The van der Waals surface area contributed by atoms with E-state index in [1.165, 1.54) is 13.1 Å². The van der Waals surface area contributed by atoms with Crippen molar-refractivity contribution in [3.63, 3.8) is 0 Å². The van der Waals surface area contributed by atoms with E-state index in [1.807, 2.05) is 0 Å². The Kier molecular flexibility index (Phi) is 5.68. The fourth-order valence-corrected chi connectivity index (χ4v) is 1.27. The topological polar surface area (TPSA) is 61.4 Å². The number of carbonyl (C=O) groups is 1. The van der Waals surface area contributed by atoms with Gasteiger partial charge < -0.3 is 15.7 Å².